The highest BCUT2D eigenvalue weighted by Gasteiger charge is 2.61. The van der Waals surface area contributed by atoms with E-state index in [-0.39, 0.29) is 11.6 Å². The molecule has 0 aliphatic heterocycles. The van der Waals surface area contributed by atoms with Crippen molar-refractivity contribution in [3.63, 3.8) is 0 Å². The third-order valence-corrected chi connectivity index (χ3v) is 5.29. The average Bonchev–Trinajstić information content (AvgIpc) is 3.41. The number of anilines is 2. The second-order valence-electron chi connectivity index (χ2n) is 7.58. The first-order chi connectivity index (χ1) is 15.2. The lowest BCUT2D eigenvalue weighted by Crippen LogP contribution is -2.18. The maximum absolute atomic E-state index is 13.2. The van der Waals surface area contributed by atoms with Crippen LogP contribution >= 0.6 is 0 Å². The van der Waals surface area contributed by atoms with E-state index in [2.05, 4.69) is 37.5 Å². The Balaban J connectivity index is 1.71. The molecule has 0 bridgehead atoms. The molecule has 0 unspecified atom stereocenters. The molecule has 164 valence electrons. The lowest BCUT2D eigenvalue weighted by Gasteiger charge is -2.12. The molecular weight excluding hydrogens is 418 g/mol. The number of aromatic nitrogens is 3. The minimum Gasteiger partial charge on any atom is -0.310 e. The Kier molecular flexibility index (Phi) is 5.37. The molecule has 3 aromatic heterocycles. The highest BCUT2D eigenvalue weighted by atomic mass is 19.3. The quantitative estimate of drug-likeness (QED) is 0.325. The van der Waals surface area contributed by atoms with Crippen molar-refractivity contribution in [3.8, 4) is 11.3 Å². The monoisotopic (exact) mass is 438 g/mol. The van der Waals surface area contributed by atoms with Gasteiger partial charge in [0.05, 0.1) is 5.69 Å². The van der Waals surface area contributed by atoms with Gasteiger partial charge in [-0.05, 0) is 30.7 Å². The molecule has 1 amide bonds. The van der Waals surface area contributed by atoms with Crippen LogP contribution in [-0.4, -0.2) is 39.3 Å². The Bertz CT molecular complexity index is 1260. The summed E-state index contributed by atoms with van der Waals surface area (Å²) in [6.07, 6.45) is 3.01. The van der Waals surface area contributed by atoms with Crippen LogP contribution in [0.25, 0.3) is 22.0 Å². The zero-order valence-corrected chi connectivity index (χ0v) is 17.4. The van der Waals surface area contributed by atoms with Gasteiger partial charge in [-0.2, -0.15) is 5.10 Å². The standard InChI is InChI=1S/C22H20F2N6O2/c1-4-18(31)17-5-11(2)14(10-26-17)16-6-12-9-27-19(7-13(12)20(28-16)30-25-3)29-21(32)15-8-22(15,23)24/h5-7,9-10,15H,3-4,8H2,1-2H3,(H,28,30)(H,27,29,32)/t15-/m1/s1. The largest absolute Gasteiger partial charge is 0.310 e. The summed E-state index contributed by atoms with van der Waals surface area (Å²) in [5.41, 5.74) is 5.22. The van der Waals surface area contributed by atoms with E-state index >= 15 is 0 Å². The van der Waals surface area contributed by atoms with Crippen LogP contribution in [0.4, 0.5) is 20.4 Å². The van der Waals surface area contributed by atoms with Gasteiger partial charge in [0.15, 0.2) is 11.6 Å². The number of amides is 1. The molecule has 8 nitrogen and oxygen atoms in total. The number of Topliss-reactive ketones (excluding diaryl/α,β-unsaturated/α-hetero) is 1. The second kappa shape index (κ2) is 8.03. The zero-order valence-electron chi connectivity index (χ0n) is 17.4. The number of pyridine rings is 3. The van der Waals surface area contributed by atoms with Gasteiger partial charge >= 0.3 is 0 Å². The number of ketones is 1. The molecule has 1 fully saturated rings. The summed E-state index contributed by atoms with van der Waals surface area (Å²) in [5.74, 6) is -4.63. The molecule has 1 atom stereocenters. The molecule has 10 heteroatoms. The number of fused-ring (bicyclic) bond motifs is 1. The SMILES string of the molecule is C=NNc1nc(-c2cnc(C(=O)CC)cc2C)cc2cnc(NC(=O)[C@H]3CC3(F)F)cc12. The molecule has 1 aliphatic carbocycles. The van der Waals surface area contributed by atoms with Crippen LogP contribution in [0.5, 0.6) is 0 Å². The highest BCUT2D eigenvalue weighted by Crippen LogP contribution is 2.49. The molecule has 3 aromatic rings. The van der Waals surface area contributed by atoms with E-state index in [0.717, 1.165) is 11.1 Å². The van der Waals surface area contributed by atoms with Crippen molar-refractivity contribution in [2.24, 2.45) is 11.0 Å². The molecule has 1 aliphatic rings. The van der Waals surface area contributed by atoms with Crippen LogP contribution in [0, 0.1) is 12.8 Å². The van der Waals surface area contributed by atoms with Crippen molar-refractivity contribution in [1.29, 1.82) is 0 Å². The topological polar surface area (TPSA) is 109 Å². The van der Waals surface area contributed by atoms with Gasteiger partial charge in [0.2, 0.25) is 5.91 Å². The lowest BCUT2D eigenvalue weighted by atomic mass is 10.0. The van der Waals surface area contributed by atoms with Gasteiger partial charge in [-0.25, -0.2) is 18.7 Å². The zero-order chi connectivity index (χ0) is 23.0. The number of carbonyl (C=O) groups excluding carboxylic acids is 2. The first-order valence-electron chi connectivity index (χ1n) is 9.95. The van der Waals surface area contributed by atoms with Crippen molar-refractivity contribution < 1.29 is 18.4 Å². The summed E-state index contributed by atoms with van der Waals surface area (Å²) in [5, 5.41) is 7.34. The Morgan fingerprint density at radius 2 is 2.00 bits per heavy atom. The summed E-state index contributed by atoms with van der Waals surface area (Å²) in [6, 6.07) is 5.03. The number of nitrogens with one attached hydrogen (secondary N) is 2. The Hall–Kier alpha value is -3.82. The minimum atomic E-state index is -2.96. The van der Waals surface area contributed by atoms with Crippen LogP contribution in [0.15, 0.2) is 35.7 Å². The number of halogens is 2. The number of hydrazone groups is 1. The van der Waals surface area contributed by atoms with E-state index in [1.807, 2.05) is 6.92 Å². The van der Waals surface area contributed by atoms with Gasteiger partial charge in [-0.3, -0.25) is 20.0 Å². The van der Waals surface area contributed by atoms with Crippen LogP contribution in [0.1, 0.15) is 35.8 Å². The van der Waals surface area contributed by atoms with Gasteiger partial charge in [0.25, 0.3) is 5.92 Å². The summed E-state index contributed by atoms with van der Waals surface area (Å²) in [7, 11) is 0. The molecule has 0 saturated heterocycles. The first kappa shape index (κ1) is 21.4. The molecule has 1 saturated carbocycles. The summed E-state index contributed by atoms with van der Waals surface area (Å²) in [4.78, 5) is 36.9. The second-order valence-corrected chi connectivity index (χ2v) is 7.58. The number of hydrogen-bond acceptors (Lipinski definition) is 7. The Morgan fingerprint density at radius 1 is 1.25 bits per heavy atom. The van der Waals surface area contributed by atoms with Crippen LogP contribution in [-0.2, 0) is 4.79 Å². The van der Waals surface area contributed by atoms with Crippen molar-refractivity contribution in [2.75, 3.05) is 10.7 Å². The van der Waals surface area contributed by atoms with E-state index in [0.29, 0.717) is 34.4 Å². The maximum Gasteiger partial charge on any atom is 0.260 e. The van der Waals surface area contributed by atoms with Gasteiger partial charge in [-0.1, -0.05) is 6.92 Å². The molecule has 3 heterocycles. The number of carbonyl (C=O) groups is 2. The predicted molar refractivity (Wildman–Crippen MR) is 117 cm³/mol. The van der Waals surface area contributed by atoms with Crippen molar-refractivity contribution in [1.82, 2.24) is 15.0 Å². The van der Waals surface area contributed by atoms with E-state index in [1.165, 1.54) is 12.3 Å². The molecule has 0 radical (unpaired) electrons. The molecule has 0 spiro atoms. The molecule has 2 N–H and O–H groups in total. The van der Waals surface area contributed by atoms with Crippen LogP contribution in [0.3, 0.4) is 0 Å². The number of hydrogen-bond donors (Lipinski definition) is 2. The Morgan fingerprint density at radius 3 is 2.62 bits per heavy atom. The van der Waals surface area contributed by atoms with Crippen LogP contribution < -0.4 is 10.7 Å². The molecule has 32 heavy (non-hydrogen) atoms. The lowest BCUT2D eigenvalue weighted by molar-refractivity contribution is -0.119. The Labute approximate surface area is 182 Å². The number of rotatable bonds is 7. The average molecular weight is 438 g/mol. The predicted octanol–water partition coefficient (Wildman–Crippen LogP) is 4.21. The highest BCUT2D eigenvalue weighted by molar-refractivity contribution is 6.00. The van der Waals surface area contributed by atoms with Crippen molar-refractivity contribution in [2.45, 2.75) is 32.6 Å². The fourth-order valence-electron chi connectivity index (χ4n) is 3.38. The van der Waals surface area contributed by atoms with E-state index in [1.54, 1.807) is 25.3 Å². The third kappa shape index (κ3) is 4.03. The van der Waals surface area contributed by atoms with Crippen molar-refractivity contribution in [3.05, 3.63) is 41.9 Å². The van der Waals surface area contributed by atoms with Gasteiger partial charge in [0, 0.05) is 48.3 Å². The number of nitrogens with zero attached hydrogens (tertiary/aromatic N) is 4. The van der Waals surface area contributed by atoms with E-state index in [4.69, 9.17) is 0 Å². The summed E-state index contributed by atoms with van der Waals surface area (Å²) >= 11 is 0. The summed E-state index contributed by atoms with van der Waals surface area (Å²) in [6.45, 7) is 7.06. The molecule has 0 aromatic carbocycles. The third-order valence-electron chi connectivity index (χ3n) is 5.29. The van der Waals surface area contributed by atoms with E-state index in [9.17, 15) is 18.4 Å². The fraction of sp³-hybridized carbons (Fsp3) is 0.273. The van der Waals surface area contributed by atoms with Gasteiger partial charge < -0.3 is 5.32 Å². The smallest absolute Gasteiger partial charge is 0.260 e. The number of alkyl halides is 2. The van der Waals surface area contributed by atoms with Crippen LogP contribution in [0.2, 0.25) is 0 Å². The first-order valence-corrected chi connectivity index (χ1v) is 9.95. The maximum atomic E-state index is 13.2. The normalized spacial score (nSPS) is 16.4. The minimum absolute atomic E-state index is 0.0490. The fourth-order valence-corrected chi connectivity index (χ4v) is 3.38. The molecular formula is C22H20F2N6O2. The van der Waals surface area contributed by atoms with Crippen molar-refractivity contribution >= 4 is 40.8 Å². The van der Waals surface area contributed by atoms with Gasteiger partial charge in [-0.15, -0.1) is 0 Å². The molecule has 4 rings (SSSR count). The number of aryl methyl sites for hydroxylation is 1. The van der Waals surface area contributed by atoms with E-state index < -0.39 is 24.2 Å². The van der Waals surface area contributed by atoms with Gasteiger partial charge in [0.1, 0.15) is 17.4 Å². The summed E-state index contributed by atoms with van der Waals surface area (Å²) < 4.78 is 26.3.